The van der Waals surface area contributed by atoms with Crippen molar-refractivity contribution in [2.45, 2.75) is 26.4 Å². The third-order valence-electron chi connectivity index (χ3n) is 2.48. The Hall–Kier alpha value is -1.09. The highest BCUT2D eigenvalue weighted by molar-refractivity contribution is 7.80. The highest BCUT2D eigenvalue weighted by Crippen LogP contribution is 2.23. The van der Waals surface area contributed by atoms with E-state index in [2.05, 4.69) is 42.3 Å². The van der Waals surface area contributed by atoms with Crippen LogP contribution in [0.3, 0.4) is 0 Å². The summed E-state index contributed by atoms with van der Waals surface area (Å²) in [6.45, 7) is 5.23. The molecule has 3 heteroatoms. The number of thiocarbonyl (C=S) groups is 1. The molecule has 14 heavy (non-hydrogen) atoms. The van der Waals surface area contributed by atoms with E-state index < -0.39 is 0 Å². The molecule has 0 bridgehead atoms. The minimum atomic E-state index is 0.448. The Bertz CT molecular complexity index is 360. The van der Waals surface area contributed by atoms with Gasteiger partial charge in [-0.25, -0.2) is 0 Å². The van der Waals surface area contributed by atoms with Crippen LogP contribution in [0.4, 0.5) is 5.69 Å². The molecule has 0 unspecified atom stereocenters. The minimum Gasteiger partial charge on any atom is -0.342 e. The van der Waals surface area contributed by atoms with Crippen LogP contribution in [0, 0.1) is 0 Å². The second-order valence-corrected chi connectivity index (χ2v) is 4.20. The topological polar surface area (TPSA) is 15.3 Å². The number of nitrogens with zero attached hydrogens (tertiary/aromatic N) is 1. The van der Waals surface area contributed by atoms with Gasteiger partial charge in [-0.1, -0.05) is 18.2 Å². The summed E-state index contributed by atoms with van der Waals surface area (Å²) in [6, 6.07) is 8.74. The molecule has 1 heterocycles. The predicted molar refractivity (Wildman–Crippen MR) is 63.3 cm³/mol. The zero-order valence-electron chi connectivity index (χ0n) is 8.45. The van der Waals surface area contributed by atoms with Crippen LogP contribution in [-0.2, 0) is 6.54 Å². The number of hydrogen-bond donors (Lipinski definition) is 1. The molecule has 0 aliphatic carbocycles. The van der Waals surface area contributed by atoms with Crippen LogP contribution in [-0.4, -0.2) is 16.1 Å². The summed E-state index contributed by atoms with van der Waals surface area (Å²) in [5.74, 6) is 0. The zero-order chi connectivity index (χ0) is 10.1. The first-order valence-electron chi connectivity index (χ1n) is 4.84. The molecule has 0 amide bonds. The molecule has 0 saturated carbocycles. The quantitative estimate of drug-likeness (QED) is 0.711. The maximum atomic E-state index is 5.29. The minimum absolute atomic E-state index is 0.448. The van der Waals surface area contributed by atoms with Gasteiger partial charge in [0.15, 0.2) is 5.11 Å². The Morgan fingerprint density at radius 2 is 2.07 bits per heavy atom. The standard InChI is InChI=1S/C11H14N2S/c1-8(2)13-7-9-5-3-4-6-10(9)12-11(13)14/h3-6,8H,7H2,1-2H3,(H,12,14). The van der Waals surface area contributed by atoms with Gasteiger partial charge < -0.3 is 10.2 Å². The molecule has 0 aromatic heterocycles. The summed E-state index contributed by atoms with van der Waals surface area (Å²) < 4.78 is 0. The maximum Gasteiger partial charge on any atom is 0.173 e. The van der Waals surface area contributed by atoms with Gasteiger partial charge in [0.05, 0.1) is 0 Å². The molecule has 1 N–H and O–H groups in total. The first-order valence-corrected chi connectivity index (χ1v) is 5.25. The summed E-state index contributed by atoms with van der Waals surface area (Å²) in [7, 11) is 0. The van der Waals surface area contributed by atoms with Crippen LogP contribution in [0.5, 0.6) is 0 Å². The molecule has 1 aromatic carbocycles. The molecule has 0 saturated heterocycles. The van der Waals surface area contributed by atoms with Gasteiger partial charge in [0, 0.05) is 18.3 Å². The third-order valence-corrected chi connectivity index (χ3v) is 2.82. The number of anilines is 1. The smallest absolute Gasteiger partial charge is 0.173 e. The normalized spacial score (nSPS) is 15.4. The molecule has 0 spiro atoms. The Kier molecular flexibility index (Phi) is 2.42. The lowest BCUT2D eigenvalue weighted by molar-refractivity contribution is 0.344. The third kappa shape index (κ3) is 1.60. The molecular formula is C11H14N2S. The summed E-state index contributed by atoms with van der Waals surface area (Å²) in [5, 5.41) is 4.08. The maximum absolute atomic E-state index is 5.29. The van der Waals surface area contributed by atoms with Crippen molar-refractivity contribution in [2.75, 3.05) is 5.32 Å². The number of hydrogen-bond acceptors (Lipinski definition) is 1. The molecule has 0 atom stereocenters. The highest BCUT2D eigenvalue weighted by Gasteiger charge is 2.20. The lowest BCUT2D eigenvalue weighted by atomic mass is 10.1. The van der Waals surface area contributed by atoms with Crippen molar-refractivity contribution in [3.8, 4) is 0 Å². The van der Waals surface area contributed by atoms with Crippen molar-refractivity contribution in [1.82, 2.24) is 4.90 Å². The first-order chi connectivity index (χ1) is 6.68. The lowest BCUT2D eigenvalue weighted by Gasteiger charge is -2.34. The average Bonchev–Trinajstić information content (AvgIpc) is 2.16. The van der Waals surface area contributed by atoms with Crippen LogP contribution in [0.1, 0.15) is 19.4 Å². The highest BCUT2D eigenvalue weighted by atomic mass is 32.1. The molecule has 2 nitrogen and oxygen atoms in total. The molecule has 2 rings (SSSR count). The number of fused-ring (bicyclic) bond motifs is 1. The van der Waals surface area contributed by atoms with Gasteiger partial charge in [-0.15, -0.1) is 0 Å². The number of rotatable bonds is 1. The molecular weight excluding hydrogens is 192 g/mol. The van der Waals surface area contributed by atoms with E-state index in [4.69, 9.17) is 12.2 Å². The van der Waals surface area contributed by atoms with Crippen LogP contribution >= 0.6 is 12.2 Å². The molecule has 0 radical (unpaired) electrons. The summed E-state index contributed by atoms with van der Waals surface area (Å²) in [5.41, 5.74) is 2.46. The van der Waals surface area contributed by atoms with Gasteiger partial charge in [-0.05, 0) is 37.7 Å². The van der Waals surface area contributed by atoms with Crippen molar-refractivity contribution in [1.29, 1.82) is 0 Å². The Morgan fingerprint density at radius 1 is 1.36 bits per heavy atom. The first kappa shape index (κ1) is 9.46. The van der Waals surface area contributed by atoms with E-state index in [0.29, 0.717) is 6.04 Å². The van der Waals surface area contributed by atoms with E-state index >= 15 is 0 Å². The fourth-order valence-electron chi connectivity index (χ4n) is 1.64. The van der Waals surface area contributed by atoms with E-state index in [1.165, 1.54) is 5.56 Å². The Morgan fingerprint density at radius 3 is 2.79 bits per heavy atom. The van der Waals surface area contributed by atoms with Gasteiger partial charge in [0.1, 0.15) is 0 Å². The van der Waals surface area contributed by atoms with Crippen LogP contribution in [0.2, 0.25) is 0 Å². The largest absolute Gasteiger partial charge is 0.342 e. The van der Waals surface area contributed by atoms with E-state index in [1.807, 2.05) is 6.07 Å². The van der Waals surface area contributed by atoms with Crippen molar-refractivity contribution in [3.63, 3.8) is 0 Å². The van der Waals surface area contributed by atoms with Gasteiger partial charge in [-0.2, -0.15) is 0 Å². The second kappa shape index (κ2) is 3.58. The van der Waals surface area contributed by atoms with Crippen LogP contribution < -0.4 is 5.32 Å². The van der Waals surface area contributed by atoms with Crippen molar-refractivity contribution < 1.29 is 0 Å². The summed E-state index contributed by atoms with van der Waals surface area (Å²) >= 11 is 5.29. The van der Waals surface area contributed by atoms with Gasteiger partial charge >= 0.3 is 0 Å². The van der Waals surface area contributed by atoms with E-state index in [1.54, 1.807) is 0 Å². The van der Waals surface area contributed by atoms with Crippen LogP contribution in [0.15, 0.2) is 24.3 Å². The summed E-state index contributed by atoms with van der Waals surface area (Å²) in [4.78, 5) is 2.19. The lowest BCUT2D eigenvalue weighted by Crippen LogP contribution is -2.42. The van der Waals surface area contributed by atoms with Crippen molar-refractivity contribution in [3.05, 3.63) is 29.8 Å². The predicted octanol–water partition coefficient (Wildman–Crippen LogP) is 2.61. The fourth-order valence-corrected chi connectivity index (χ4v) is 2.02. The zero-order valence-corrected chi connectivity index (χ0v) is 9.27. The number of nitrogens with one attached hydrogen (secondary N) is 1. The molecule has 1 aliphatic rings. The SMILES string of the molecule is CC(C)N1Cc2ccccc2NC1=S. The number of para-hydroxylation sites is 1. The van der Waals surface area contributed by atoms with E-state index in [0.717, 1.165) is 17.3 Å². The molecule has 1 aromatic rings. The Balaban J connectivity index is 2.31. The Labute approximate surface area is 89.9 Å². The fraction of sp³-hybridized carbons (Fsp3) is 0.364. The molecule has 1 aliphatic heterocycles. The van der Waals surface area contributed by atoms with Gasteiger partial charge in [-0.3, -0.25) is 0 Å². The van der Waals surface area contributed by atoms with Crippen molar-refractivity contribution >= 4 is 23.0 Å². The molecule has 74 valence electrons. The summed E-state index contributed by atoms with van der Waals surface area (Å²) in [6.07, 6.45) is 0. The van der Waals surface area contributed by atoms with E-state index in [9.17, 15) is 0 Å². The van der Waals surface area contributed by atoms with Gasteiger partial charge in [0.2, 0.25) is 0 Å². The average molecular weight is 206 g/mol. The number of benzene rings is 1. The van der Waals surface area contributed by atoms with Crippen LogP contribution in [0.25, 0.3) is 0 Å². The van der Waals surface area contributed by atoms with E-state index in [-0.39, 0.29) is 0 Å². The van der Waals surface area contributed by atoms with Crippen molar-refractivity contribution in [2.24, 2.45) is 0 Å². The second-order valence-electron chi connectivity index (χ2n) is 3.81. The monoisotopic (exact) mass is 206 g/mol. The molecule has 0 fully saturated rings. The van der Waals surface area contributed by atoms with Gasteiger partial charge in [0.25, 0.3) is 0 Å².